The number of aromatic nitrogens is 6. The average Bonchev–Trinajstić information content (AvgIpc) is 3.48. The predicted octanol–water partition coefficient (Wildman–Crippen LogP) is 3.41. The van der Waals surface area contributed by atoms with Gasteiger partial charge in [0.25, 0.3) is 0 Å². The number of nitrogens with zero attached hydrogens (tertiary/aromatic N) is 6. The molecule has 182 valence electrons. The van der Waals surface area contributed by atoms with Gasteiger partial charge in [0, 0.05) is 56.4 Å². The van der Waals surface area contributed by atoms with Crippen LogP contribution in [0.3, 0.4) is 0 Å². The van der Waals surface area contributed by atoms with Gasteiger partial charge in [0.05, 0.1) is 17.6 Å². The number of likely N-dealkylation sites (N-methyl/N-ethyl adjacent to an activating group) is 1. The fraction of sp³-hybridized carbons (Fsp3) is 0.240. The number of nitrogens with one attached hydrogen (secondary N) is 3. The summed E-state index contributed by atoms with van der Waals surface area (Å²) < 4.78 is 15.1. The number of carbonyl (C=O) groups excluding carboxylic acids is 1. The van der Waals surface area contributed by atoms with Crippen LogP contribution < -0.4 is 10.2 Å². The first-order chi connectivity index (χ1) is 17.5. The van der Waals surface area contributed by atoms with Crippen LogP contribution in [-0.4, -0.2) is 74.2 Å². The van der Waals surface area contributed by atoms with E-state index in [1.54, 1.807) is 24.7 Å². The van der Waals surface area contributed by atoms with Gasteiger partial charge in [-0.15, -0.1) is 0 Å². The molecule has 0 aliphatic carbocycles. The summed E-state index contributed by atoms with van der Waals surface area (Å²) in [5.74, 6) is -0.146. The Balaban J connectivity index is 1.43. The first-order valence-electron chi connectivity index (χ1n) is 11.7. The maximum absolute atomic E-state index is 15.1. The number of hydrogen-bond acceptors (Lipinski definition) is 7. The fourth-order valence-electron chi connectivity index (χ4n) is 4.62. The lowest BCUT2D eigenvalue weighted by Crippen LogP contribution is -2.44. The van der Waals surface area contributed by atoms with Crippen molar-refractivity contribution in [3.8, 4) is 22.6 Å². The molecule has 10 nitrogen and oxygen atoms in total. The zero-order valence-corrected chi connectivity index (χ0v) is 19.8. The van der Waals surface area contributed by atoms with Crippen molar-refractivity contribution in [2.45, 2.75) is 6.92 Å². The molecule has 11 heteroatoms. The quantitative estimate of drug-likeness (QED) is 0.357. The van der Waals surface area contributed by atoms with Gasteiger partial charge in [0.1, 0.15) is 16.7 Å². The highest BCUT2D eigenvalue weighted by molar-refractivity contribution is 5.97. The van der Waals surface area contributed by atoms with E-state index in [4.69, 9.17) is 4.98 Å². The second-order valence-electron chi connectivity index (χ2n) is 9.00. The van der Waals surface area contributed by atoms with Crippen LogP contribution in [0.2, 0.25) is 0 Å². The minimum atomic E-state index is -0.470. The van der Waals surface area contributed by atoms with Gasteiger partial charge in [-0.1, -0.05) is 0 Å². The Morgan fingerprint density at radius 3 is 2.75 bits per heavy atom. The lowest BCUT2D eigenvalue weighted by Gasteiger charge is -2.34. The molecule has 0 saturated carbocycles. The van der Waals surface area contributed by atoms with E-state index in [-0.39, 0.29) is 11.4 Å². The van der Waals surface area contributed by atoms with E-state index >= 15 is 4.39 Å². The van der Waals surface area contributed by atoms with Crippen LogP contribution in [0.25, 0.3) is 44.7 Å². The number of carbonyl (C=O) groups is 1. The number of aromatic amines is 2. The molecule has 5 aromatic rings. The Hall–Kier alpha value is -4.38. The normalized spacial score (nSPS) is 14.6. The van der Waals surface area contributed by atoms with E-state index in [2.05, 4.69) is 47.3 Å². The maximum atomic E-state index is 15.1. The Labute approximate surface area is 205 Å². The smallest absolute Gasteiger partial charge is 0.221 e. The number of halogens is 1. The van der Waals surface area contributed by atoms with Crippen LogP contribution in [0.1, 0.15) is 6.92 Å². The molecule has 0 radical (unpaired) electrons. The van der Waals surface area contributed by atoms with Crippen molar-refractivity contribution in [1.82, 2.24) is 35.0 Å². The van der Waals surface area contributed by atoms with Gasteiger partial charge in [-0.05, 0) is 36.9 Å². The zero-order chi connectivity index (χ0) is 24.8. The predicted molar refractivity (Wildman–Crippen MR) is 136 cm³/mol. The monoisotopic (exact) mass is 485 g/mol. The molecule has 1 aromatic carbocycles. The first kappa shape index (κ1) is 22.1. The summed E-state index contributed by atoms with van der Waals surface area (Å²) in [5.41, 5.74) is 5.06. The summed E-state index contributed by atoms with van der Waals surface area (Å²) in [4.78, 5) is 32.8. The molecule has 4 aromatic heterocycles. The highest BCUT2D eigenvalue weighted by Gasteiger charge is 2.21. The van der Waals surface area contributed by atoms with Gasteiger partial charge in [-0.3, -0.25) is 14.9 Å². The number of hydrogen-bond donors (Lipinski definition) is 3. The molecule has 1 amide bonds. The van der Waals surface area contributed by atoms with E-state index in [0.29, 0.717) is 39.4 Å². The van der Waals surface area contributed by atoms with Crippen molar-refractivity contribution < 1.29 is 9.18 Å². The molecular weight excluding hydrogens is 461 g/mol. The van der Waals surface area contributed by atoms with Crippen molar-refractivity contribution in [2.75, 3.05) is 43.4 Å². The molecule has 0 atom stereocenters. The molecule has 0 spiro atoms. The molecular formula is C25H24FN9O. The van der Waals surface area contributed by atoms with Gasteiger partial charge >= 0.3 is 0 Å². The third kappa shape index (κ3) is 3.93. The van der Waals surface area contributed by atoms with E-state index in [1.807, 2.05) is 12.1 Å². The highest BCUT2D eigenvalue weighted by atomic mass is 19.1. The lowest BCUT2D eigenvalue weighted by molar-refractivity contribution is -0.114. The van der Waals surface area contributed by atoms with Crippen LogP contribution >= 0.6 is 0 Å². The molecule has 1 saturated heterocycles. The highest BCUT2D eigenvalue weighted by Crippen LogP contribution is 2.34. The van der Waals surface area contributed by atoms with Gasteiger partial charge in [0.2, 0.25) is 5.91 Å². The molecule has 1 aliphatic rings. The SMILES string of the molecule is CC(=O)Nc1cncc(-c2cc(F)c3n[nH]c(-c4nc5nccc(N6CCN(C)CC6)c5[nH]4)c3c2)c1. The zero-order valence-electron chi connectivity index (χ0n) is 19.8. The number of pyridine rings is 2. The van der Waals surface area contributed by atoms with E-state index in [9.17, 15) is 4.79 Å². The van der Waals surface area contributed by atoms with Crippen LogP contribution in [0.5, 0.6) is 0 Å². The van der Waals surface area contributed by atoms with Crippen LogP contribution in [0.4, 0.5) is 15.8 Å². The number of fused-ring (bicyclic) bond motifs is 2. The third-order valence-corrected chi connectivity index (χ3v) is 6.46. The number of amides is 1. The number of benzene rings is 1. The summed E-state index contributed by atoms with van der Waals surface area (Å²) in [7, 11) is 2.12. The van der Waals surface area contributed by atoms with E-state index in [0.717, 1.165) is 37.4 Å². The Bertz CT molecular complexity index is 1600. The fourth-order valence-corrected chi connectivity index (χ4v) is 4.62. The van der Waals surface area contributed by atoms with Crippen LogP contribution in [0, 0.1) is 5.82 Å². The van der Waals surface area contributed by atoms with E-state index in [1.165, 1.54) is 13.0 Å². The maximum Gasteiger partial charge on any atom is 0.221 e. The summed E-state index contributed by atoms with van der Waals surface area (Å²) in [6.07, 6.45) is 4.93. The number of anilines is 2. The van der Waals surface area contributed by atoms with Crippen molar-refractivity contribution in [2.24, 2.45) is 0 Å². The third-order valence-electron chi connectivity index (χ3n) is 6.46. The Morgan fingerprint density at radius 2 is 1.94 bits per heavy atom. The second kappa shape index (κ2) is 8.68. The van der Waals surface area contributed by atoms with Crippen LogP contribution in [0.15, 0.2) is 42.9 Å². The number of rotatable bonds is 4. The van der Waals surface area contributed by atoms with Crippen molar-refractivity contribution in [3.05, 3.63) is 48.7 Å². The first-order valence-corrected chi connectivity index (χ1v) is 11.7. The number of H-pyrrole nitrogens is 2. The topological polar surface area (TPSA) is 119 Å². The number of piperazine rings is 1. The van der Waals surface area contributed by atoms with Crippen LogP contribution in [-0.2, 0) is 4.79 Å². The van der Waals surface area contributed by atoms with Gasteiger partial charge < -0.3 is 20.1 Å². The molecule has 5 heterocycles. The molecule has 0 bridgehead atoms. The summed E-state index contributed by atoms with van der Waals surface area (Å²) in [6.45, 7) is 5.22. The molecule has 36 heavy (non-hydrogen) atoms. The Kier molecular flexibility index (Phi) is 5.33. The lowest BCUT2D eigenvalue weighted by atomic mass is 10.0. The summed E-state index contributed by atoms with van der Waals surface area (Å²) in [5, 5.41) is 10.4. The minimum absolute atomic E-state index is 0.206. The molecule has 1 aliphatic heterocycles. The molecule has 1 fully saturated rings. The van der Waals surface area contributed by atoms with Crippen molar-refractivity contribution in [1.29, 1.82) is 0 Å². The molecule has 0 unspecified atom stereocenters. The Morgan fingerprint density at radius 1 is 1.11 bits per heavy atom. The number of imidazole rings is 1. The van der Waals surface area contributed by atoms with Gasteiger partial charge in [-0.2, -0.15) is 5.10 Å². The largest absolute Gasteiger partial charge is 0.367 e. The van der Waals surface area contributed by atoms with Crippen molar-refractivity contribution in [3.63, 3.8) is 0 Å². The molecule has 6 rings (SSSR count). The van der Waals surface area contributed by atoms with Crippen molar-refractivity contribution >= 4 is 39.3 Å². The molecule has 3 N–H and O–H groups in total. The average molecular weight is 486 g/mol. The minimum Gasteiger partial charge on any atom is -0.367 e. The second-order valence-corrected chi connectivity index (χ2v) is 9.00. The van der Waals surface area contributed by atoms with Gasteiger partial charge in [-0.25, -0.2) is 14.4 Å². The summed E-state index contributed by atoms with van der Waals surface area (Å²) in [6, 6.07) is 7.00. The van der Waals surface area contributed by atoms with E-state index < -0.39 is 5.82 Å². The summed E-state index contributed by atoms with van der Waals surface area (Å²) >= 11 is 0. The van der Waals surface area contributed by atoms with Gasteiger partial charge in [0.15, 0.2) is 17.3 Å². The standard InChI is InChI=1S/C25H24FN9O/c1-14(36)29-17-9-16(12-27-13-17)15-10-18-21(19(26)11-15)32-33-22(18)25-30-23-20(3-4-28-24(23)31-25)35-7-5-34(2)6-8-35/h3-4,9-13H,5-8H2,1-2H3,(H,29,36)(H,32,33)(H,28,30,31).